The van der Waals surface area contributed by atoms with Crippen molar-refractivity contribution < 1.29 is 4.74 Å². The number of rotatable bonds is 6. The predicted octanol–water partition coefficient (Wildman–Crippen LogP) is 0.985. The highest BCUT2D eigenvalue weighted by Crippen LogP contribution is 2.17. The quantitative estimate of drug-likeness (QED) is 0.784. The topological polar surface area (TPSA) is 53.5 Å². The van der Waals surface area contributed by atoms with E-state index in [0.29, 0.717) is 0 Å². The maximum atomic E-state index is 5.38. The molecule has 0 unspecified atom stereocenters. The Morgan fingerprint density at radius 2 is 2.05 bits per heavy atom. The first kappa shape index (κ1) is 15.0. The van der Waals surface area contributed by atoms with Crippen molar-refractivity contribution in [2.45, 2.75) is 13.3 Å². The van der Waals surface area contributed by atoms with Crippen LogP contribution in [-0.4, -0.2) is 68.4 Å². The number of aromatic nitrogens is 2. The summed E-state index contributed by atoms with van der Waals surface area (Å²) in [5.41, 5.74) is 0. The summed E-state index contributed by atoms with van der Waals surface area (Å²) in [5.74, 6) is 2.72. The molecule has 1 aliphatic rings. The second-order valence-corrected chi connectivity index (χ2v) is 5.34. The fourth-order valence-corrected chi connectivity index (χ4v) is 2.21. The van der Waals surface area contributed by atoms with Crippen LogP contribution in [0.15, 0.2) is 6.07 Å². The van der Waals surface area contributed by atoms with E-state index in [-0.39, 0.29) is 0 Å². The molecule has 0 radical (unpaired) electrons. The molecule has 2 rings (SSSR count). The molecule has 1 aliphatic heterocycles. The summed E-state index contributed by atoms with van der Waals surface area (Å²) in [4.78, 5) is 13.4. The second kappa shape index (κ2) is 7.40. The van der Waals surface area contributed by atoms with Crippen LogP contribution in [0.5, 0.6) is 0 Å². The maximum Gasteiger partial charge on any atom is 0.134 e. The van der Waals surface area contributed by atoms with Crippen molar-refractivity contribution in [2.24, 2.45) is 0 Å². The first-order valence-electron chi connectivity index (χ1n) is 7.22. The third-order valence-electron chi connectivity index (χ3n) is 3.25. The Morgan fingerprint density at radius 1 is 1.30 bits per heavy atom. The van der Waals surface area contributed by atoms with Gasteiger partial charge in [0.05, 0.1) is 13.2 Å². The third kappa shape index (κ3) is 4.61. The van der Waals surface area contributed by atoms with E-state index in [0.717, 1.165) is 63.3 Å². The van der Waals surface area contributed by atoms with Crippen LogP contribution in [0, 0.1) is 6.92 Å². The van der Waals surface area contributed by atoms with Gasteiger partial charge >= 0.3 is 0 Å². The lowest BCUT2D eigenvalue weighted by Crippen LogP contribution is -2.37. The van der Waals surface area contributed by atoms with Gasteiger partial charge in [0.15, 0.2) is 0 Å². The van der Waals surface area contributed by atoms with E-state index in [1.54, 1.807) is 0 Å². The SMILES string of the molecule is Cc1nc(NCCCN(C)C)cc(N2CCOCC2)n1. The normalized spacial score (nSPS) is 15.7. The molecule has 0 saturated carbocycles. The fourth-order valence-electron chi connectivity index (χ4n) is 2.21. The van der Waals surface area contributed by atoms with Gasteiger partial charge in [-0.2, -0.15) is 0 Å². The summed E-state index contributed by atoms with van der Waals surface area (Å²) in [6.45, 7) is 7.29. The summed E-state index contributed by atoms with van der Waals surface area (Å²) in [5, 5.41) is 3.38. The van der Waals surface area contributed by atoms with Crippen molar-refractivity contribution in [3.63, 3.8) is 0 Å². The molecule has 0 aromatic carbocycles. The fraction of sp³-hybridized carbons (Fsp3) is 0.714. The molecule has 1 N–H and O–H groups in total. The standard InChI is InChI=1S/C14H25N5O/c1-12-16-13(15-5-4-6-18(2)3)11-14(17-12)19-7-9-20-10-8-19/h11H,4-10H2,1-3H3,(H,15,16,17). The van der Waals surface area contributed by atoms with Crippen LogP contribution in [-0.2, 0) is 4.74 Å². The molecule has 6 heteroatoms. The summed E-state index contributed by atoms with van der Waals surface area (Å²) in [7, 11) is 4.18. The Labute approximate surface area is 121 Å². The molecule has 1 aromatic rings. The highest BCUT2D eigenvalue weighted by Gasteiger charge is 2.13. The number of anilines is 2. The van der Waals surface area contributed by atoms with Gasteiger partial charge in [-0.25, -0.2) is 9.97 Å². The minimum absolute atomic E-state index is 0.772. The van der Waals surface area contributed by atoms with Crippen LogP contribution in [0.1, 0.15) is 12.2 Å². The summed E-state index contributed by atoms with van der Waals surface area (Å²) in [6.07, 6.45) is 1.10. The first-order valence-corrected chi connectivity index (χ1v) is 7.22. The number of nitrogens with one attached hydrogen (secondary N) is 1. The van der Waals surface area contributed by atoms with Crippen molar-refractivity contribution in [3.8, 4) is 0 Å². The molecule has 0 aliphatic carbocycles. The average Bonchev–Trinajstić information content (AvgIpc) is 2.44. The van der Waals surface area contributed by atoms with E-state index in [2.05, 4.69) is 39.2 Å². The number of aryl methyl sites for hydroxylation is 1. The van der Waals surface area contributed by atoms with Crippen molar-refractivity contribution in [3.05, 3.63) is 11.9 Å². The maximum absolute atomic E-state index is 5.38. The molecule has 2 heterocycles. The van der Waals surface area contributed by atoms with E-state index >= 15 is 0 Å². The van der Waals surface area contributed by atoms with Gasteiger partial charge in [-0.15, -0.1) is 0 Å². The van der Waals surface area contributed by atoms with E-state index < -0.39 is 0 Å². The van der Waals surface area contributed by atoms with Gasteiger partial charge in [-0.1, -0.05) is 0 Å². The smallest absolute Gasteiger partial charge is 0.134 e. The molecular weight excluding hydrogens is 254 g/mol. The van der Waals surface area contributed by atoms with Gasteiger partial charge in [0, 0.05) is 25.7 Å². The van der Waals surface area contributed by atoms with Crippen LogP contribution in [0.2, 0.25) is 0 Å². The Hall–Kier alpha value is -1.40. The summed E-state index contributed by atoms with van der Waals surface area (Å²) < 4.78 is 5.38. The Bertz CT molecular complexity index is 418. The van der Waals surface area contributed by atoms with Gasteiger partial charge in [0.25, 0.3) is 0 Å². The molecule has 1 aromatic heterocycles. The zero-order valence-electron chi connectivity index (χ0n) is 12.7. The number of hydrogen-bond donors (Lipinski definition) is 1. The number of nitrogens with zero attached hydrogens (tertiary/aromatic N) is 4. The number of morpholine rings is 1. The second-order valence-electron chi connectivity index (χ2n) is 5.34. The van der Waals surface area contributed by atoms with Crippen LogP contribution in [0.3, 0.4) is 0 Å². The van der Waals surface area contributed by atoms with E-state index in [4.69, 9.17) is 4.74 Å². The number of hydrogen-bond acceptors (Lipinski definition) is 6. The first-order chi connectivity index (χ1) is 9.65. The molecule has 112 valence electrons. The van der Waals surface area contributed by atoms with E-state index in [1.165, 1.54) is 0 Å². The molecule has 6 nitrogen and oxygen atoms in total. The molecular formula is C14H25N5O. The van der Waals surface area contributed by atoms with Crippen LogP contribution < -0.4 is 10.2 Å². The average molecular weight is 279 g/mol. The van der Waals surface area contributed by atoms with Crippen molar-refractivity contribution in [2.75, 3.05) is 63.7 Å². The molecule has 1 fully saturated rings. The lowest BCUT2D eigenvalue weighted by Gasteiger charge is -2.28. The molecule has 0 amide bonds. The zero-order chi connectivity index (χ0) is 14.4. The highest BCUT2D eigenvalue weighted by atomic mass is 16.5. The Kier molecular flexibility index (Phi) is 5.55. The minimum Gasteiger partial charge on any atom is -0.378 e. The van der Waals surface area contributed by atoms with E-state index in [1.807, 2.05) is 13.0 Å². The Balaban J connectivity index is 1.93. The third-order valence-corrected chi connectivity index (χ3v) is 3.25. The summed E-state index contributed by atoms with van der Waals surface area (Å²) in [6, 6.07) is 2.04. The predicted molar refractivity (Wildman–Crippen MR) is 81.5 cm³/mol. The van der Waals surface area contributed by atoms with Gasteiger partial charge in [0.1, 0.15) is 17.5 Å². The summed E-state index contributed by atoms with van der Waals surface area (Å²) >= 11 is 0. The van der Waals surface area contributed by atoms with Crippen molar-refractivity contribution in [1.82, 2.24) is 14.9 Å². The van der Waals surface area contributed by atoms with Crippen LogP contribution >= 0.6 is 0 Å². The molecule has 0 spiro atoms. The molecule has 0 bridgehead atoms. The lowest BCUT2D eigenvalue weighted by atomic mass is 10.3. The highest BCUT2D eigenvalue weighted by molar-refractivity contribution is 5.49. The van der Waals surface area contributed by atoms with Gasteiger partial charge < -0.3 is 19.9 Å². The van der Waals surface area contributed by atoms with Gasteiger partial charge in [0.2, 0.25) is 0 Å². The molecule has 0 atom stereocenters. The van der Waals surface area contributed by atoms with E-state index in [9.17, 15) is 0 Å². The zero-order valence-corrected chi connectivity index (χ0v) is 12.7. The lowest BCUT2D eigenvalue weighted by molar-refractivity contribution is 0.122. The van der Waals surface area contributed by atoms with Crippen molar-refractivity contribution in [1.29, 1.82) is 0 Å². The number of ether oxygens (including phenoxy) is 1. The molecule has 20 heavy (non-hydrogen) atoms. The Morgan fingerprint density at radius 3 is 2.75 bits per heavy atom. The van der Waals surface area contributed by atoms with Gasteiger partial charge in [-0.05, 0) is 34.0 Å². The minimum atomic E-state index is 0.772. The van der Waals surface area contributed by atoms with Crippen LogP contribution in [0.4, 0.5) is 11.6 Å². The monoisotopic (exact) mass is 279 g/mol. The van der Waals surface area contributed by atoms with Gasteiger partial charge in [-0.3, -0.25) is 0 Å². The largest absolute Gasteiger partial charge is 0.378 e. The molecule has 1 saturated heterocycles. The van der Waals surface area contributed by atoms with Crippen molar-refractivity contribution >= 4 is 11.6 Å². The van der Waals surface area contributed by atoms with Crippen LogP contribution in [0.25, 0.3) is 0 Å².